The molecule has 102 valence electrons. The summed E-state index contributed by atoms with van der Waals surface area (Å²) in [5.41, 5.74) is 5.61. The fourth-order valence-corrected chi connectivity index (χ4v) is 2.00. The van der Waals surface area contributed by atoms with Gasteiger partial charge in [0.15, 0.2) is 0 Å². The second-order valence-electron chi connectivity index (χ2n) is 5.36. The first-order valence-electron chi connectivity index (χ1n) is 6.10. The van der Waals surface area contributed by atoms with Gasteiger partial charge in [-0.2, -0.15) is 0 Å². The number of amides is 1. The molecule has 1 heterocycles. The molecule has 1 aliphatic heterocycles. The Morgan fingerprint density at radius 1 is 1.53 bits per heavy atom. The normalized spacial score (nSPS) is 25.5. The van der Waals surface area contributed by atoms with Crippen molar-refractivity contribution < 1.29 is 9.53 Å². The van der Waals surface area contributed by atoms with E-state index in [0.717, 1.165) is 25.9 Å². The fraction of sp³-hybridized carbons (Fsp3) is 0.917. The third-order valence-corrected chi connectivity index (χ3v) is 3.00. The highest BCUT2D eigenvalue weighted by molar-refractivity contribution is 5.85. The monoisotopic (exact) mass is 264 g/mol. The predicted octanol–water partition coefficient (Wildman–Crippen LogP) is 1.47. The van der Waals surface area contributed by atoms with Crippen LogP contribution < -0.4 is 11.1 Å². The summed E-state index contributed by atoms with van der Waals surface area (Å²) in [6, 6.07) is -0.398. The van der Waals surface area contributed by atoms with Crippen LogP contribution in [0.1, 0.15) is 40.0 Å². The molecule has 0 bridgehead atoms. The highest BCUT2D eigenvalue weighted by Crippen LogP contribution is 2.23. The summed E-state index contributed by atoms with van der Waals surface area (Å²) in [6.07, 6.45) is 2.81. The number of carbonyl (C=O) groups excluding carboxylic acids is 1. The van der Waals surface area contributed by atoms with Crippen molar-refractivity contribution in [2.75, 3.05) is 13.2 Å². The van der Waals surface area contributed by atoms with Gasteiger partial charge in [0.2, 0.25) is 5.91 Å². The number of ether oxygens (including phenoxy) is 1. The molecular weight excluding hydrogens is 240 g/mol. The van der Waals surface area contributed by atoms with Crippen molar-refractivity contribution in [1.82, 2.24) is 5.32 Å². The Balaban J connectivity index is 0.00000256. The molecular formula is C12H25ClN2O2. The highest BCUT2D eigenvalue weighted by Gasteiger charge is 2.30. The topological polar surface area (TPSA) is 64.4 Å². The number of hydrogen-bond donors (Lipinski definition) is 2. The largest absolute Gasteiger partial charge is 0.373 e. The molecule has 2 atom stereocenters. The molecule has 1 unspecified atom stereocenters. The fourth-order valence-electron chi connectivity index (χ4n) is 2.00. The predicted molar refractivity (Wildman–Crippen MR) is 71.3 cm³/mol. The molecule has 1 saturated heterocycles. The van der Waals surface area contributed by atoms with Gasteiger partial charge in [-0.1, -0.05) is 13.8 Å². The van der Waals surface area contributed by atoms with Gasteiger partial charge in [-0.3, -0.25) is 4.79 Å². The van der Waals surface area contributed by atoms with E-state index in [4.69, 9.17) is 10.5 Å². The minimum Gasteiger partial charge on any atom is -0.373 e. The van der Waals surface area contributed by atoms with Crippen LogP contribution in [0.5, 0.6) is 0 Å². The molecule has 0 radical (unpaired) electrons. The van der Waals surface area contributed by atoms with E-state index in [0.29, 0.717) is 12.5 Å². The van der Waals surface area contributed by atoms with Gasteiger partial charge in [-0.25, -0.2) is 0 Å². The average molecular weight is 265 g/mol. The number of carbonyl (C=O) groups is 1. The lowest BCUT2D eigenvalue weighted by molar-refractivity contribution is -0.124. The van der Waals surface area contributed by atoms with Crippen molar-refractivity contribution in [2.45, 2.75) is 51.7 Å². The van der Waals surface area contributed by atoms with E-state index in [-0.39, 0.29) is 23.9 Å². The zero-order valence-electron chi connectivity index (χ0n) is 11.0. The van der Waals surface area contributed by atoms with Gasteiger partial charge >= 0.3 is 0 Å². The van der Waals surface area contributed by atoms with Crippen molar-refractivity contribution in [3.05, 3.63) is 0 Å². The minimum absolute atomic E-state index is 0. The summed E-state index contributed by atoms with van der Waals surface area (Å²) >= 11 is 0. The van der Waals surface area contributed by atoms with E-state index >= 15 is 0 Å². The second-order valence-corrected chi connectivity index (χ2v) is 5.36. The van der Waals surface area contributed by atoms with Crippen LogP contribution in [-0.2, 0) is 9.53 Å². The lowest BCUT2D eigenvalue weighted by Crippen LogP contribution is -2.47. The summed E-state index contributed by atoms with van der Waals surface area (Å²) in [5.74, 6) is 0.379. The van der Waals surface area contributed by atoms with Crippen LogP contribution in [-0.4, -0.2) is 30.7 Å². The van der Waals surface area contributed by atoms with Gasteiger partial charge in [-0.05, 0) is 32.1 Å². The first kappa shape index (κ1) is 16.7. The van der Waals surface area contributed by atoms with Crippen molar-refractivity contribution in [3.8, 4) is 0 Å². The summed E-state index contributed by atoms with van der Waals surface area (Å²) < 4.78 is 5.60. The van der Waals surface area contributed by atoms with Crippen LogP contribution in [0.15, 0.2) is 0 Å². The summed E-state index contributed by atoms with van der Waals surface area (Å²) in [7, 11) is 0. The molecule has 0 aromatic heterocycles. The lowest BCUT2D eigenvalue weighted by Gasteiger charge is -2.24. The molecule has 5 heteroatoms. The molecule has 0 saturated carbocycles. The van der Waals surface area contributed by atoms with Crippen molar-refractivity contribution in [1.29, 1.82) is 0 Å². The molecule has 17 heavy (non-hydrogen) atoms. The van der Waals surface area contributed by atoms with Crippen LogP contribution in [0.3, 0.4) is 0 Å². The molecule has 1 rings (SSSR count). The maximum absolute atomic E-state index is 11.7. The maximum Gasteiger partial charge on any atom is 0.237 e. The van der Waals surface area contributed by atoms with E-state index in [1.165, 1.54) is 0 Å². The van der Waals surface area contributed by atoms with Gasteiger partial charge in [0.1, 0.15) is 0 Å². The van der Waals surface area contributed by atoms with Crippen molar-refractivity contribution >= 4 is 18.3 Å². The van der Waals surface area contributed by atoms with E-state index in [1.54, 1.807) is 0 Å². The molecule has 0 spiro atoms. The van der Waals surface area contributed by atoms with Crippen LogP contribution >= 0.6 is 12.4 Å². The summed E-state index contributed by atoms with van der Waals surface area (Å²) in [5, 5.41) is 2.88. The Hall–Kier alpha value is -0.320. The van der Waals surface area contributed by atoms with E-state index in [1.807, 2.05) is 6.92 Å². The average Bonchev–Trinajstić information content (AvgIpc) is 2.61. The maximum atomic E-state index is 11.7. The molecule has 1 aliphatic rings. The van der Waals surface area contributed by atoms with Crippen LogP contribution in [0.25, 0.3) is 0 Å². The van der Waals surface area contributed by atoms with Gasteiger partial charge in [0, 0.05) is 13.2 Å². The van der Waals surface area contributed by atoms with Gasteiger partial charge in [0.05, 0.1) is 11.6 Å². The molecule has 0 aromatic carbocycles. The van der Waals surface area contributed by atoms with E-state index in [9.17, 15) is 4.79 Å². The van der Waals surface area contributed by atoms with Crippen LogP contribution in [0, 0.1) is 5.92 Å². The quantitative estimate of drug-likeness (QED) is 0.790. The highest BCUT2D eigenvalue weighted by atomic mass is 35.5. The number of rotatable bonds is 5. The first-order valence-corrected chi connectivity index (χ1v) is 6.10. The molecule has 1 fully saturated rings. The smallest absolute Gasteiger partial charge is 0.237 e. The lowest BCUT2D eigenvalue weighted by atomic mass is 10.0. The Labute approximate surface area is 110 Å². The van der Waals surface area contributed by atoms with Crippen LogP contribution in [0.4, 0.5) is 0 Å². The van der Waals surface area contributed by atoms with Crippen molar-refractivity contribution in [2.24, 2.45) is 11.7 Å². The number of nitrogens with two attached hydrogens (primary N) is 1. The molecule has 0 aliphatic carbocycles. The van der Waals surface area contributed by atoms with Crippen LogP contribution in [0.2, 0.25) is 0 Å². The second kappa shape index (κ2) is 7.19. The summed E-state index contributed by atoms with van der Waals surface area (Å²) in [6.45, 7) is 7.53. The Kier molecular flexibility index (Phi) is 7.05. The van der Waals surface area contributed by atoms with Gasteiger partial charge in [0.25, 0.3) is 0 Å². The molecule has 0 aromatic rings. The third-order valence-electron chi connectivity index (χ3n) is 3.00. The Morgan fingerprint density at radius 3 is 2.65 bits per heavy atom. The van der Waals surface area contributed by atoms with Gasteiger partial charge in [-0.15, -0.1) is 12.4 Å². The standard InChI is InChI=1S/C12H24N2O2.ClH/c1-9(2)7-10(13)11(15)14-8-12(3)5-4-6-16-12;/h9-10H,4-8,13H2,1-3H3,(H,14,15);1H/t10-,12?;/m0./s1. The number of halogens is 1. The van der Waals surface area contributed by atoms with Crippen molar-refractivity contribution in [3.63, 3.8) is 0 Å². The van der Waals surface area contributed by atoms with E-state index < -0.39 is 6.04 Å². The Bertz CT molecular complexity index is 241. The zero-order chi connectivity index (χ0) is 12.2. The van der Waals surface area contributed by atoms with Gasteiger partial charge < -0.3 is 15.8 Å². The number of hydrogen-bond acceptors (Lipinski definition) is 3. The SMILES string of the molecule is CC(C)C[C@H](N)C(=O)NCC1(C)CCCO1.Cl. The first-order chi connectivity index (χ1) is 7.43. The summed E-state index contributed by atoms with van der Waals surface area (Å²) in [4.78, 5) is 11.7. The van der Waals surface area contributed by atoms with E-state index in [2.05, 4.69) is 19.2 Å². The molecule has 3 N–H and O–H groups in total. The zero-order valence-corrected chi connectivity index (χ0v) is 11.8. The number of nitrogens with one attached hydrogen (secondary N) is 1. The molecule has 1 amide bonds. The molecule has 4 nitrogen and oxygen atoms in total. The Morgan fingerprint density at radius 2 is 2.18 bits per heavy atom. The minimum atomic E-state index is -0.398. The third kappa shape index (κ3) is 5.70.